The van der Waals surface area contributed by atoms with Crippen LogP contribution in [0, 0.1) is 0 Å². The van der Waals surface area contributed by atoms with Crippen molar-refractivity contribution in [1.82, 2.24) is 4.98 Å². The Hall–Kier alpha value is -1.58. The Morgan fingerprint density at radius 2 is 2.40 bits per heavy atom. The average Bonchev–Trinajstić information content (AvgIpc) is 2.30. The number of hydrogen-bond donors (Lipinski definition) is 0. The Bertz CT molecular complexity index is 315. The Labute approximate surface area is 89.9 Å². The van der Waals surface area contributed by atoms with Crippen LogP contribution in [0.5, 0.6) is 5.75 Å². The fourth-order valence-corrected chi connectivity index (χ4v) is 1.23. The van der Waals surface area contributed by atoms with Crippen molar-refractivity contribution in [2.45, 2.75) is 19.8 Å². The molecule has 0 aliphatic heterocycles. The highest BCUT2D eigenvalue weighted by Crippen LogP contribution is 2.17. The summed E-state index contributed by atoms with van der Waals surface area (Å²) < 4.78 is 5.07. The largest absolute Gasteiger partial charge is 0.497 e. The van der Waals surface area contributed by atoms with Crippen molar-refractivity contribution < 1.29 is 9.53 Å². The van der Waals surface area contributed by atoms with Crippen LogP contribution in [0.15, 0.2) is 18.3 Å². The molecule has 82 valence electrons. The molecule has 0 aliphatic carbocycles. The smallest absolute Gasteiger partial charge is 0.215 e. The maximum atomic E-state index is 10.9. The van der Waals surface area contributed by atoms with Crippen LogP contribution >= 0.6 is 0 Å². The van der Waals surface area contributed by atoms with E-state index in [-0.39, 0.29) is 0 Å². The Morgan fingerprint density at radius 1 is 1.60 bits per heavy atom. The lowest BCUT2D eigenvalue weighted by molar-refractivity contribution is -0.107. The maximum absolute atomic E-state index is 10.9. The van der Waals surface area contributed by atoms with Crippen LogP contribution in [0.3, 0.4) is 0 Å². The minimum Gasteiger partial charge on any atom is -0.497 e. The van der Waals surface area contributed by atoms with Crippen LogP contribution in [0.25, 0.3) is 0 Å². The molecule has 0 radical (unpaired) electrons. The summed E-state index contributed by atoms with van der Waals surface area (Å²) in [4.78, 5) is 16.6. The van der Waals surface area contributed by atoms with E-state index in [4.69, 9.17) is 4.74 Å². The second-order valence-electron chi connectivity index (χ2n) is 3.21. The maximum Gasteiger partial charge on any atom is 0.215 e. The highest BCUT2D eigenvalue weighted by Gasteiger charge is 2.06. The molecule has 0 bridgehead atoms. The van der Waals surface area contributed by atoms with Crippen LogP contribution < -0.4 is 9.64 Å². The molecule has 4 nitrogen and oxygen atoms in total. The third-order valence-electron chi connectivity index (χ3n) is 2.13. The topological polar surface area (TPSA) is 42.4 Å². The quantitative estimate of drug-likeness (QED) is 0.670. The number of hydrogen-bond acceptors (Lipinski definition) is 3. The van der Waals surface area contributed by atoms with Crippen LogP contribution in [0.4, 0.5) is 5.82 Å². The fourth-order valence-electron chi connectivity index (χ4n) is 1.23. The number of pyridine rings is 1. The number of anilines is 1. The average molecular weight is 208 g/mol. The third kappa shape index (κ3) is 3.23. The van der Waals surface area contributed by atoms with E-state index in [0.29, 0.717) is 18.1 Å². The van der Waals surface area contributed by atoms with E-state index in [1.807, 2.05) is 0 Å². The van der Waals surface area contributed by atoms with Crippen molar-refractivity contribution in [3.63, 3.8) is 0 Å². The molecule has 0 spiro atoms. The number of unbranched alkanes of at least 4 members (excludes halogenated alkanes) is 1. The van der Waals surface area contributed by atoms with Gasteiger partial charge in [0.15, 0.2) is 0 Å². The zero-order chi connectivity index (χ0) is 11.1. The van der Waals surface area contributed by atoms with Gasteiger partial charge >= 0.3 is 0 Å². The van der Waals surface area contributed by atoms with E-state index in [1.165, 1.54) is 0 Å². The second kappa shape index (κ2) is 6.01. The van der Waals surface area contributed by atoms with E-state index < -0.39 is 0 Å². The predicted molar refractivity (Wildman–Crippen MR) is 59.1 cm³/mol. The van der Waals surface area contributed by atoms with Gasteiger partial charge in [0.05, 0.1) is 7.11 Å². The van der Waals surface area contributed by atoms with Crippen LogP contribution in [0.2, 0.25) is 0 Å². The minimum absolute atomic E-state index is 0.637. The standard InChI is InChI=1S/C11H16N2O2/c1-3-4-7-13(9-14)11-8-10(15-2)5-6-12-11/h5-6,8-9H,3-4,7H2,1-2H3. The fraction of sp³-hybridized carbons (Fsp3) is 0.455. The van der Waals surface area contributed by atoms with Gasteiger partial charge in [0.25, 0.3) is 0 Å². The molecule has 0 aromatic carbocycles. The second-order valence-corrected chi connectivity index (χ2v) is 3.21. The summed E-state index contributed by atoms with van der Waals surface area (Å²) in [6.07, 6.45) is 4.46. The number of carbonyl (C=O) groups is 1. The summed E-state index contributed by atoms with van der Waals surface area (Å²) in [7, 11) is 1.59. The summed E-state index contributed by atoms with van der Waals surface area (Å²) in [5, 5.41) is 0. The molecule has 1 aromatic rings. The van der Waals surface area contributed by atoms with Crippen LogP contribution in [0.1, 0.15) is 19.8 Å². The van der Waals surface area contributed by atoms with E-state index in [1.54, 1.807) is 30.3 Å². The minimum atomic E-state index is 0.637. The van der Waals surface area contributed by atoms with Gasteiger partial charge in [-0.15, -0.1) is 0 Å². The van der Waals surface area contributed by atoms with E-state index in [2.05, 4.69) is 11.9 Å². The number of ether oxygens (including phenoxy) is 1. The van der Waals surface area contributed by atoms with Gasteiger partial charge in [-0.1, -0.05) is 13.3 Å². The normalized spacial score (nSPS) is 9.73. The lowest BCUT2D eigenvalue weighted by Crippen LogP contribution is -2.23. The molecule has 0 unspecified atom stereocenters. The molecule has 0 fully saturated rings. The monoisotopic (exact) mass is 208 g/mol. The molecule has 0 N–H and O–H groups in total. The first-order valence-corrected chi connectivity index (χ1v) is 5.03. The molecule has 0 aliphatic rings. The number of amides is 1. The third-order valence-corrected chi connectivity index (χ3v) is 2.13. The highest BCUT2D eigenvalue weighted by atomic mass is 16.5. The molecular weight excluding hydrogens is 192 g/mol. The van der Waals surface area contributed by atoms with E-state index >= 15 is 0 Å². The predicted octanol–water partition coefficient (Wildman–Crippen LogP) is 1.85. The van der Waals surface area contributed by atoms with Crippen molar-refractivity contribution in [3.8, 4) is 5.75 Å². The number of aromatic nitrogens is 1. The number of carbonyl (C=O) groups excluding carboxylic acids is 1. The summed E-state index contributed by atoms with van der Waals surface area (Å²) in [5.74, 6) is 1.35. The van der Waals surface area contributed by atoms with Gasteiger partial charge in [0, 0.05) is 18.8 Å². The molecule has 0 saturated carbocycles. The number of nitrogens with zero attached hydrogens (tertiary/aromatic N) is 2. The summed E-state index contributed by atoms with van der Waals surface area (Å²) in [6.45, 7) is 2.78. The molecule has 4 heteroatoms. The Kier molecular flexibility index (Phi) is 4.60. The molecular formula is C11H16N2O2. The van der Waals surface area contributed by atoms with E-state index in [0.717, 1.165) is 19.3 Å². The Balaban J connectivity index is 2.76. The molecule has 0 atom stereocenters. The first-order valence-electron chi connectivity index (χ1n) is 5.03. The Morgan fingerprint density at radius 3 is 3.00 bits per heavy atom. The lowest BCUT2D eigenvalue weighted by Gasteiger charge is -2.16. The van der Waals surface area contributed by atoms with Gasteiger partial charge in [0.2, 0.25) is 6.41 Å². The molecule has 15 heavy (non-hydrogen) atoms. The molecule has 1 rings (SSSR count). The van der Waals surface area contributed by atoms with Gasteiger partial charge in [-0.2, -0.15) is 0 Å². The van der Waals surface area contributed by atoms with Crippen molar-refractivity contribution >= 4 is 12.2 Å². The number of methoxy groups -OCH3 is 1. The molecule has 0 saturated heterocycles. The van der Waals surface area contributed by atoms with Crippen molar-refractivity contribution in [2.24, 2.45) is 0 Å². The summed E-state index contributed by atoms with van der Waals surface area (Å²) in [6, 6.07) is 3.51. The van der Waals surface area contributed by atoms with Gasteiger partial charge in [0.1, 0.15) is 11.6 Å². The van der Waals surface area contributed by atoms with Crippen LogP contribution in [-0.4, -0.2) is 25.0 Å². The van der Waals surface area contributed by atoms with Gasteiger partial charge in [-0.3, -0.25) is 9.69 Å². The van der Waals surface area contributed by atoms with E-state index in [9.17, 15) is 4.79 Å². The van der Waals surface area contributed by atoms with Crippen molar-refractivity contribution in [2.75, 3.05) is 18.6 Å². The highest BCUT2D eigenvalue weighted by molar-refractivity contribution is 5.73. The molecule has 1 heterocycles. The zero-order valence-electron chi connectivity index (χ0n) is 9.14. The summed E-state index contributed by atoms with van der Waals surface area (Å²) in [5.41, 5.74) is 0. The van der Waals surface area contributed by atoms with Gasteiger partial charge in [-0.25, -0.2) is 4.98 Å². The summed E-state index contributed by atoms with van der Waals surface area (Å²) >= 11 is 0. The number of rotatable bonds is 6. The molecule has 1 amide bonds. The van der Waals surface area contributed by atoms with Gasteiger partial charge in [-0.05, 0) is 12.5 Å². The zero-order valence-corrected chi connectivity index (χ0v) is 9.14. The van der Waals surface area contributed by atoms with Crippen molar-refractivity contribution in [1.29, 1.82) is 0 Å². The SMILES string of the molecule is CCCCN(C=O)c1cc(OC)ccn1. The lowest BCUT2D eigenvalue weighted by atomic mass is 10.3. The van der Waals surface area contributed by atoms with Crippen molar-refractivity contribution in [3.05, 3.63) is 18.3 Å². The first-order chi connectivity index (χ1) is 7.31. The van der Waals surface area contributed by atoms with Gasteiger partial charge < -0.3 is 4.74 Å². The van der Waals surface area contributed by atoms with Crippen LogP contribution in [-0.2, 0) is 4.79 Å². The first kappa shape index (κ1) is 11.5. The molecule has 1 aromatic heterocycles.